The third kappa shape index (κ3) is 5.30. The van der Waals surface area contributed by atoms with E-state index in [1.54, 1.807) is 12.0 Å². The predicted molar refractivity (Wildman–Crippen MR) is 130 cm³/mol. The minimum atomic E-state index is -0.483. The molecule has 31 heavy (non-hydrogen) atoms. The molecule has 1 N–H and O–H groups in total. The van der Waals surface area contributed by atoms with Crippen LogP contribution >= 0.6 is 24.0 Å². The predicted octanol–water partition coefficient (Wildman–Crippen LogP) is 3.02. The Morgan fingerprint density at radius 1 is 1.32 bits per heavy atom. The number of halogens is 1. The molecule has 0 saturated carbocycles. The van der Waals surface area contributed by atoms with Crippen molar-refractivity contribution in [3.05, 3.63) is 23.3 Å². The van der Waals surface area contributed by atoms with E-state index in [2.05, 4.69) is 34.3 Å². The molecule has 172 valence electrons. The molecule has 0 spiro atoms. The number of piperazine rings is 1. The maximum absolute atomic E-state index is 12.4. The molecule has 8 nitrogen and oxygen atoms in total. The van der Waals surface area contributed by atoms with E-state index in [0.29, 0.717) is 26.2 Å². The van der Waals surface area contributed by atoms with E-state index in [1.807, 2.05) is 20.8 Å². The Morgan fingerprint density at radius 2 is 2.10 bits per heavy atom. The van der Waals surface area contributed by atoms with Gasteiger partial charge in [0.25, 0.3) is 0 Å². The van der Waals surface area contributed by atoms with Gasteiger partial charge in [-0.3, -0.25) is 4.99 Å². The standard InChI is InChI=1S/C22H32N4O4.HI/c1-14-8-15-9-18(28-5)16(10-19(15)29-14)11-23-20-24-12-17-13-25(6-7-26(17)20)21(27)30-22(2,3)4;/h9-10,14,17H,6-8,11-13H2,1-5H3,(H,23,24);1H. The number of methoxy groups -OCH3 is 1. The number of benzene rings is 1. The fourth-order valence-corrected chi connectivity index (χ4v) is 4.21. The van der Waals surface area contributed by atoms with Crippen LogP contribution in [0.3, 0.4) is 0 Å². The van der Waals surface area contributed by atoms with Crippen molar-refractivity contribution in [1.82, 2.24) is 15.1 Å². The smallest absolute Gasteiger partial charge is 0.410 e. The van der Waals surface area contributed by atoms with Crippen LogP contribution in [0, 0.1) is 0 Å². The van der Waals surface area contributed by atoms with Crippen molar-refractivity contribution in [3.63, 3.8) is 0 Å². The molecule has 1 aromatic carbocycles. The second-order valence-electron chi connectivity index (χ2n) is 9.20. The van der Waals surface area contributed by atoms with Gasteiger partial charge in [0.15, 0.2) is 5.96 Å². The summed E-state index contributed by atoms with van der Waals surface area (Å²) in [7, 11) is 1.70. The largest absolute Gasteiger partial charge is 0.496 e. The second-order valence-corrected chi connectivity index (χ2v) is 9.20. The van der Waals surface area contributed by atoms with Crippen LogP contribution < -0.4 is 14.8 Å². The van der Waals surface area contributed by atoms with Gasteiger partial charge >= 0.3 is 6.09 Å². The van der Waals surface area contributed by atoms with Crippen molar-refractivity contribution in [1.29, 1.82) is 0 Å². The quantitative estimate of drug-likeness (QED) is 0.590. The van der Waals surface area contributed by atoms with Crippen LogP contribution in [0.5, 0.6) is 11.5 Å². The molecule has 0 bridgehead atoms. The second kappa shape index (κ2) is 9.30. The molecule has 2 atom stereocenters. The van der Waals surface area contributed by atoms with E-state index >= 15 is 0 Å². The first-order chi connectivity index (χ1) is 14.2. The zero-order chi connectivity index (χ0) is 21.5. The lowest BCUT2D eigenvalue weighted by atomic mass is 10.1. The minimum absolute atomic E-state index is 0. The van der Waals surface area contributed by atoms with Gasteiger partial charge in [0, 0.05) is 43.7 Å². The average Bonchev–Trinajstić information content (AvgIpc) is 3.25. The summed E-state index contributed by atoms with van der Waals surface area (Å²) in [5.74, 6) is 2.68. The Bertz CT molecular complexity index is 855. The summed E-state index contributed by atoms with van der Waals surface area (Å²) in [4.78, 5) is 21.1. The van der Waals surface area contributed by atoms with Gasteiger partial charge < -0.3 is 29.3 Å². The summed E-state index contributed by atoms with van der Waals surface area (Å²) in [5.41, 5.74) is 1.76. The van der Waals surface area contributed by atoms with Gasteiger partial charge in [-0.1, -0.05) is 0 Å². The lowest BCUT2D eigenvalue weighted by molar-refractivity contribution is 0.0137. The summed E-state index contributed by atoms with van der Waals surface area (Å²) in [6.45, 7) is 11.0. The van der Waals surface area contributed by atoms with E-state index in [1.165, 1.54) is 5.56 Å². The van der Waals surface area contributed by atoms with Crippen LogP contribution in [0.1, 0.15) is 38.8 Å². The van der Waals surface area contributed by atoms with Gasteiger partial charge in [-0.05, 0) is 39.8 Å². The number of guanidine groups is 1. The highest BCUT2D eigenvalue weighted by Crippen LogP contribution is 2.35. The Hall–Kier alpha value is -1.91. The number of aliphatic imine (C=N–C) groups is 1. The molecule has 1 fully saturated rings. The number of rotatable bonds is 3. The van der Waals surface area contributed by atoms with Crippen molar-refractivity contribution in [2.45, 2.75) is 58.4 Å². The highest BCUT2D eigenvalue weighted by atomic mass is 127. The SMILES string of the molecule is COc1cc2c(cc1CNC1=NCC3CN(C(=O)OC(C)(C)C)CCN13)OC(C)C2.I. The molecule has 3 heterocycles. The van der Waals surface area contributed by atoms with Crippen molar-refractivity contribution < 1.29 is 19.0 Å². The number of carbonyl (C=O) groups excluding carboxylic acids is 1. The van der Waals surface area contributed by atoms with E-state index in [4.69, 9.17) is 14.2 Å². The zero-order valence-electron chi connectivity index (χ0n) is 18.9. The number of hydrogen-bond acceptors (Lipinski definition) is 7. The highest BCUT2D eigenvalue weighted by Gasteiger charge is 2.36. The summed E-state index contributed by atoms with van der Waals surface area (Å²) in [6.07, 6.45) is 0.866. The summed E-state index contributed by atoms with van der Waals surface area (Å²) >= 11 is 0. The van der Waals surface area contributed by atoms with Crippen LogP contribution in [0.4, 0.5) is 4.79 Å². The zero-order valence-corrected chi connectivity index (χ0v) is 21.3. The van der Waals surface area contributed by atoms with E-state index in [0.717, 1.165) is 36.0 Å². The van der Waals surface area contributed by atoms with Gasteiger partial charge in [-0.2, -0.15) is 0 Å². The third-order valence-corrected chi connectivity index (χ3v) is 5.59. The Morgan fingerprint density at radius 3 is 2.81 bits per heavy atom. The van der Waals surface area contributed by atoms with Gasteiger partial charge in [0.1, 0.15) is 23.2 Å². The fourth-order valence-electron chi connectivity index (χ4n) is 4.21. The van der Waals surface area contributed by atoms with Gasteiger partial charge in [0.05, 0.1) is 19.7 Å². The molecule has 1 amide bonds. The fraction of sp³-hybridized carbons (Fsp3) is 0.636. The maximum Gasteiger partial charge on any atom is 0.410 e. The molecule has 2 unspecified atom stereocenters. The molecule has 1 aromatic rings. The molecule has 0 radical (unpaired) electrons. The highest BCUT2D eigenvalue weighted by molar-refractivity contribution is 14.0. The number of carbonyl (C=O) groups is 1. The van der Waals surface area contributed by atoms with Crippen LogP contribution in [-0.2, 0) is 17.7 Å². The first kappa shape index (κ1) is 23.7. The molecule has 3 aliphatic heterocycles. The number of nitrogens with zero attached hydrogens (tertiary/aromatic N) is 3. The average molecular weight is 544 g/mol. The molecular weight excluding hydrogens is 511 g/mol. The van der Waals surface area contributed by atoms with Gasteiger partial charge in [0.2, 0.25) is 0 Å². The van der Waals surface area contributed by atoms with Gasteiger partial charge in [-0.25, -0.2) is 4.79 Å². The monoisotopic (exact) mass is 544 g/mol. The normalized spacial score (nSPS) is 22.0. The van der Waals surface area contributed by atoms with Crippen LogP contribution in [0.15, 0.2) is 17.1 Å². The summed E-state index contributed by atoms with van der Waals surface area (Å²) in [5, 5.41) is 3.46. The van der Waals surface area contributed by atoms with Crippen LogP contribution in [0.25, 0.3) is 0 Å². The van der Waals surface area contributed by atoms with E-state index in [9.17, 15) is 4.79 Å². The maximum atomic E-state index is 12.4. The summed E-state index contributed by atoms with van der Waals surface area (Å²) in [6, 6.07) is 4.33. The number of hydrogen-bond donors (Lipinski definition) is 1. The van der Waals surface area contributed by atoms with E-state index in [-0.39, 0.29) is 42.2 Å². The molecule has 9 heteroatoms. The molecule has 3 aliphatic rings. The van der Waals surface area contributed by atoms with Crippen molar-refractivity contribution in [2.24, 2.45) is 4.99 Å². The number of nitrogens with one attached hydrogen (secondary N) is 1. The molecule has 0 aliphatic carbocycles. The number of amides is 1. The number of fused-ring (bicyclic) bond motifs is 2. The minimum Gasteiger partial charge on any atom is -0.496 e. The first-order valence-electron chi connectivity index (χ1n) is 10.6. The first-order valence-corrected chi connectivity index (χ1v) is 10.6. The lowest BCUT2D eigenvalue weighted by Crippen LogP contribution is -2.57. The van der Waals surface area contributed by atoms with Crippen LogP contribution in [-0.4, -0.2) is 72.9 Å². The molecular formula is C22H33IN4O4. The van der Waals surface area contributed by atoms with Crippen molar-refractivity contribution in [3.8, 4) is 11.5 Å². The van der Waals surface area contributed by atoms with Crippen molar-refractivity contribution in [2.75, 3.05) is 33.3 Å². The third-order valence-electron chi connectivity index (χ3n) is 5.59. The molecule has 1 saturated heterocycles. The van der Waals surface area contributed by atoms with E-state index < -0.39 is 5.60 Å². The lowest BCUT2D eigenvalue weighted by Gasteiger charge is -2.39. The van der Waals surface area contributed by atoms with Gasteiger partial charge in [-0.15, -0.1) is 24.0 Å². The summed E-state index contributed by atoms with van der Waals surface area (Å²) < 4.78 is 17.0. The topological polar surface area (TPSA) is 75.6 Å². The van der Waals surface area contributed by atoms with Crippen molar-refractivity contribution >= 4 is 36.0 Å². The molecule has 4 rings (SSSR count). The number of ether oxygens (including phenoxy) is 3. The molecule has 0 aromatic heterocycles. The Kier molecular flexibility index (Phi) is 7.12. The Balaban J connectivity index is 0.00000272. The van der Waals surface area contributed by atoms with Crippen LogP contribution in [0.2, 0.25) is 0 Å². The Labute approximate surface area is 201 Å².